The van der Waals surface area contributed by atoms with E-state index in [1.165, 1.54) is 0 Å². The fourth-order valence-corrected chi connectivity index (χ4v) is 3.96. The molecule has 0 aromatic heterocycles. The maximum Gasteiger partial charge on any atom is 0.183 e. The highest BCUT2D eigenvalue weighted by atomic mass is 127. The van der Waals surface area contributed by atoms with Crippen molar-refractivity contribution in [1.29, 1.82) is 0 Å². The van der Waals surface area contributed by atoms with E-state index in [-0.39, 0.29) is 6.29 Å². The van der Waals surface area contributed by atoms with E-state index >= 15 is 0 Å². The molecule has 1 saturated heterocycles. The van der Waals surface area contributed by atoms with E-state index in [1.807, 2.05) is 0 Å². The molecule has 0 saturated carbocycles. The zero-order valence-corrected chi connectivity index (χ0v) is 14.0. The number of benzene rings is 1. The Labute approximate surface area is 128 Å². The summed E-state index contributed by atoms with van der Waals surface area (Å²) in [5, 5.41) is 0. The van der Waals surface area contributed by atoms with E-state index in [4.69, 9.17) is 14.2 Å². The topological polar surface area (TPSA) is 27.7 Å². The largest absolute Gasteiger partial charge is 0.495 e. The smallest absolute Gasteiger partial charge is 0.183 e. The number of ether oxygens (including phenoxy) is 3. The van der Waals surface area contributed by atoms with Crippen LogP contribution >= 0.6 is 45.2 Å². The van der Waals surface area contributed by atoms with Gasteiger partial charge in [0.1, 0.15) is 5.75 Å². The maximum absolute atomic E-state index is 5.69. The first kappa shape index (κ1) is 13.8. The van der Waals surface area contributed by atoms with Crippen LogP contribution in [0.5, 0.6) is 5.75 Å². The zero-order chi connectivity index (χ0) is 12.4. The van der Waals surface area contributed by atoms with Crippen LogP contribution < -0.4 is 4.74 Å². The molecule has 0 amide bonds. The molecular weight excluding hydrogens is 446 g/mol. The molecule has 2 rings (SSSR count). The SMILES string of the molecule is COc1c(I)cc(C2OCC(C)CO2)cc1I. The molecule has 1 aromatic carbocycles. The minimum atomic E-state index is -0.237. The molecule has 0 spiro atoms. The van der Waals surface area contributed by atoms with Gasteiger partial charge in [-0.2, -0.15) is 0 Å². The average molecular weight is 460 g/mol. The molecule has 3 nitrogen and oxygen atoms in total. The van der Waals surface area contributed by atoms with Crippen molar-refractivity contribution < 1.29 is 14.2 Å². The Morgan fingerprint density at radius 1 is 1.18 bits per heavy atom. The fourth-order valence-electron chi connectivity index (χ4n) is 1.70. The predicted molar refractivity (Wildman–Crippen MR) is 82.2 cm³/mol. The molecule has 17 heavy (non-hydrogen) atoms. The van der Waals surface area contributed by atoms with Crippen molar-refractivity contribution in [2.24, 2.45) is 5.92 Å². The highest BCUT2D eigenvalue weighted by Crippen LogP contribution is 2.33. The van der Waals surface area contributed by atoms with Gasteiger partial charge in [-0.05, 0) is 57.3 Å². The standard InChI is InChI=1S/C12H14I2O3/c1-7-5-16-12(17-6-7)8-3-9(13)11(15-2)10(14)4-8/h3-4,7,12H,5-6H2,1-2H3. The molecule has 0 bridgehead atoms. The van der Waals surface area contributed by atoms with Crippen LogP contribution in [0.4, 0.5) is 0 Å². The van der Waals surface area contributed by atoms with Gasteiger partial charge in [-0.3, -0.25) is 0 Å². The van der Waals surface area contributed by atoms with Gasteiger partial charge in [0.2, 0.25) is 0 Å². The third-order valence-electron chi connectivity index (χ3n) is 2.56. The summed E-state index contributed by atoms with van der Waals surface area (Å²) in [5.74, 6) is 1.39. The van der Waals surface area contributed by atoms with Crippen LogP contribution in [0, 0.1) is 13.1 Å². The van der Waals surface area contributed by atoms with Crippen LogP contribution in [0.2, 0.25) is 0 Å². The van der Waals surface area contributed by atoms with Crippen LogP contribution in [0.15, 0.2) is 12.1 Å². The Bertz CT molecular complexity index is 378. The molecule has 0 N–H and O–H groups in total. The van der Waals surface area contributed by atoms with Gasteiger partial charge < -0.3 is 14.2 Å². The number of halogens is 2. The minimum Gasteiger partial charge on any atom is -0.495 e. The summed E-state index contributed by atoms with van der Waals surface area (Å²) in [5.41, 5.74) is 1.06. The van der Waals surface area contributed by atoms with Crippen molar-refractivity contribution in [2.45, 2.75) is 13.2 Å². The van der Waals surface area contributed by atoms with E-state index in [0.29, 0.717) is 5.92 Å². The van der Waals surface area contributed by atoms with Crippen LogP contribution in [-0.4, -0.2) is 20.3 Å². The molecule has 1 aliphatic heterocycles. The van der Waals surface area contributed by atoms with Crippen molar-refractivity contribution in [2.75, 3.05) is 20.3 Å². The van der Waals surface area contributed by atoms with Gasteiger partial charge in [0.05, 0.1) is 27.5 Å². The van der Waals surface area contributed by atoms with Crippen LogP contribution in [0.3, 0.4) is 0 Å². The van der Waals surface area contributed by atoms with Crippen LogP contribution in [0.25, 0.3) is 0 Å². The van der Waals surface area contributed by atoms with E-state index in [0.717, 1.165) is 31.7 Å². The first-order valence-electron chi connectivity index (χ1n) is 5.38. The summed E-state index contributed by atoms with van der Waals surface area (Å²) < 4.78 is 18.9. The lowest BCUT2D eigenvalue weighted by Gasteiger charge is -2.28. The van der Waals surface area contributed by atoms with E-state index in [9.17, 15) is 0 Å². The summed E-state index contributed by atoms with van der Waals surface area (Å²) in [7, 11) is 1.69. The molecule has 1 aliphatic rings. The normalized spacial score (nSPS) is 24.7. The van der Waals surface area contributed by atoms with E-state index < -0.39 is 0 Å². The Balaban J connectivity index is 2.22. The molecule has 0 atom stereocenters. The summed E-state index contributed by atoms with van der Waals surface area (Å²) in [6.07, 6.45) is -0.237. The van der Waals surface area contributed by atoms with Crippen molar-refractivity contribution in [1.82, 2.24) is 0 Å². The highest BCUT2D eigenvalue weighted by Gasteiger charge is 2.22. The van der Waals surface area contributed by atoms with Gasteiger partial charge in [-0.1, -0.05) is 6.92 Å². The number of methoxy groups -OCH3 is 1. The van der Waals surface area contributed by atoms with Gasteiger partial charge in [0.15, 0.2) is 6.29 Å². The fraction of sp³-hybridized carbons (Fsp3) is 0.500. The lowest BCUT2D eigenvalue weighted by Crippen LogP contribution is -2.25. The molecule has 1 heterocycles. The first-order valence-corrected chi connectivity index (χ1v) is 7.53. The number of hydrogen-bond donors (Lipinski definition) is 0. The van der Waals surface area contributed by atoms with Gasteiger partial charge in [-0.15, -0.1) is 0 Å². The van der Waals surface area contributed by atoms with E-state index in [2.05, 4.69) is 64.2 Å². The van der Waals surface area contributed by atoms with Crippen molar-refractivity contribution in [3.63, 3.8) is 0 Å². The lowest BCUT2D eigenvalue weighted by molar-refractivity contribution is -0.202. The second-order valence-corrected chi connectivity index (χ2v) is 6.45. The molecular formula is C12H14I2O3. The van der Waals surface area contributed by atoms with Crippen molar-refractivity contribution >= 4 is 45.2 Å². The summed E-state index contributed by atoms with van der Waals surface area (Å²) in [6, 6.07) is 4.12. The van der Waals surface area contributed by atoms with Crippen LogP contribution in [-0.2, 0) is 9.47 Å². The average Bonchev–Trinajstić information content (AvgIpc) is 2.29. The van der Waals surface area contributed by atoms with Gasteiger partial charge >= 0.3 is 0 Å². The molecule has 0 radical (unpaired) electrons. The maximum atomic E-state index is 5.69. The van der Waals surface area contributed by atoms with Gasteiger partial charge in [0.25, 0.3) is 0 Å². The summed E-state index contributed by atoms with van der Waals surface area (Å²) >= 11 is 4.54. The summed E-state index contributed by atoms with van der Waals surface area (Å²) in [6.45, 7) is 3.63. The molecule has 5 heteroatoms. The third-order valence-corrected chi connectivity index (χ3v) is 4.16. The molecule has 0 aliphatic carbocycles. The Morgan fingerprint density at radius 2 is 1.71 bits per heavy atom. The Hall–Kier alpha value is 0.400. The van der Waals surface area contributed by atoms with Gasteiger partial charge in [0, 0.05) is 11.5 Å². The molecule has 1 fully saturated rings. The Morgan fingerprint density at radius 3 is 2.18 bits per heavy atom. The third kappa shape index (κ3) is 3.24. The van der Waals surface area contributed by atoms with E-state index in [1.54, 1.807) is 7.11 Å². The lowest BCUT2D eigenvalue weighted by atomic mass is 10.1. The quantitative estimate of drug-likeness (QED) is 0.632. The van der Waals surface area contributed by atoms with Crippen molar-refractivity contribution in [3.8, 4) is 5.75 Å². The zero-order valence-electron chi connectivity index (χ0n) is 9.70. The summed E-state index contributed by atoms with van der Waals surface area (Å²) in [4.78, 5) is 0. The number of hydrogen-bond acceptors (Lipinski definition) is 3. The molecule has 94 valence electrons. The minimum absolute atomic E-state index is 0.237. The monoisotopic (exact) mass is 460 g/mol. The predicted octanol–water partition coefficient (Wildman–Crippen LogP) is 3.59. The Kier molecular flexibility index (Phi) is 4.90. The van der Waals surface area contributed by atoms with Gasteiger partial charge in [-0.25, -0.2) is 0 Å². The first-order chi connectivity index (χ1) is 8.11. The number of rotatable bonds is 2. The van der Waals surface area contributed by atoms with Crippen molar-refractivity contribution in [3.05, 3.63) is 24.8 Å². The molecule has 0 unspecified atom stereocenters. The second kappa shape index (κ2) is 6.03. The van der Waals surface area contributed by atoms with Crippen LogP contribution in [0.1, 0.15) is 18.8 Å². The second-order valence-electron chi connectivity index (χ2n) is 4.12. The highest BCUT2D eigenvalue weighted by molar-refractivity contribution is 14.1. The molecule has 1 aromatic rings.